The molecule has 1 amide bonds. The number of aliphatic hydroxyl groups excluding tert-OH is 1. The van der Waals surface area contributed by atoms with Crippen LogP contribution in [0.1, 0.15) is 24.8 Å². The molecule has 2 aliphatic heterocycles. The van der Waals surface area contributed by atoms with Crippen molar-refractivity contribution in [2.45, 2.75) is 50.2 Å². The number of thiazole rings is 1. The largest absolute Gasteiger partial charge is 0.457 e. The topological polar surface area (TPSA) is 93.2 Å². The van der Waals surface area contributed by atoms with Gasteiger partial charge in [-0.2, -0.15) is 0 Å². The second kappa shape index (κ2) is 11.9. The number of hydrogen-bond donors (Lipinski definition) is 2. The van der Waals surface area contributed by atoms with Gasteiger partial charge in [0.2, 0.25) is 5.91 Å². The minimum atomic E-state index is -0.562. The molecule has 2 fully saturated rings. The first-order valence-electron chi connectivity index (χ1n) is 12.3. The highest BCUT2D eigenvalue weighted by atomic mass is 32.1. The molecule has 0 bridgehead atoms. The molecule has 2 aliphatic rings. The second-order valence-electron chi connectivity index (χ2n) is 9.21. The molecule has 1 aromatic heterocycles. The van der Waals surface area contributed by atoms with Crippen molar-refractivity contribution in [1.29, 1.82) is 0 Å². The Morgan fingerprint density at radius 3 is 2.69 bits per heavy atom. The van der Waals surface area contributed by atoms with Gasteiger partial charge in [-0.05, 0) is 42.7 Å². The molecule has 0 unspecified atom stereocenters. The van der Waals surface area contributed by atoms with Crippen molar-refractivity contribution >= 4 is 22.4 Å². The minimum Gasteiger partial charge on any atom is -0.457 e. The first kappa shape index (κ1) is 24.9. The fraction of sp³-hybridized carbons (Fsp3) is 0.407. The standard InChI is InChI=1S/C27H31N3O5S/c31-20-16-30(15-19-6-8-22(9-7-19)34-21-4-2-1-3-5-21)24-11-10-23(35-25(24)18-33-17-20)14-26(32)29-27-28-12-13-36-27/h1-9,12-13,20,23-25,31H,10-11,14-18H2,(H,28,29,32)/t20-,23+,24-,25+/m0/s1. The molecule has 3 heterocycles. The van der Waals surface area contributed by atoms with Gasteiger partial charge in [0.1, 0.15) is 11.5 Å². The van der Waals surface area contributed by atoms with Crippen molar-refractivity contribution in [1.82, 2.24) is 9.88 Å². The van der Waals surface area contributed by atoms with E-state index in [1.54, 1.807) is 6.20 Å². The second-order valence-corrected chi connectivity index (χ2v) is 10.1. The number of fused-ring (bicyclic) bond motifs is 1. The van der Waals surface area contributed by atoms with E-state index in [2.05, 4.69) is 27.3 Å². The van der Waals surface area contributed by atoms with Gasteiger partial charge in [0.25, 0.3) is 0 Å². The Morgan fingerprint density at radius 1 is 1.11 bits per heavy atom. The summed E-state index contributed by atoms with van der Waals surface area (Å²) in [6.07, 6.45) is 2.69. The van der Waals surface area contributed by atoms with Crippen molar-refractivity contribution in [3.8, 4) is 11.5 Å². The zero-order valence-electron chi connectivity index (χ0n) is 20.0. The smallest absolute Gasteiger partial charge is 0.228 e. The third-order valence-electron chi connectivity index (χ3n) is 6.47. The zero-order valence-corrected chi connectivity index (χ0v) is 20.8. The molecule has 0 saturated carbocycles. The molecule has 0 radical (unpaired) electrons. The molecule has 8 nitrogen and oxygen atoms in total. The van der Waals surface area contributed by atoms with Crippen molar-refractivity contribution in [2.75, 3.05) is 25.1 Å². The summed E-state index contributed by atoms with van der Waals surface area (Å²) in [5.74, 6) is 1.49. The minimum absolute atomic E-state index is 0.0924. The number of β-amino-alcohol motifs (C(OH)–C–C–N with tert-alkyl or cyclic N) is 1. The number of amides is 1. The van der Waals surface area contributed by atoms with Gasteiger partial charge in [-0.25, -0.2) is 4.98 Å². The summed E-state index contributed by atoms with van der Waals surface area (Å²) in [6, 6.07) is 17.9. The van der Waals surface area contributed by atoms with Crippen LogP contribution in [0.5, 0.6) is 11.5 Å². The molecule has 4 atom stereocenters. The quantitative estimate of drug-likeness (QED) is 0.496. The summed E-state index contributed by atoms with van der Waals surface area (Å²) >= 11 is 1.40. The number of benzene rings is 2. The maximum atomic E-state index is 12.4. The van der Waals surface area contributed by atoms with Gasteiger partial charge < -0.3 is 24.6 Å². The first-order valence-corrected chi connectivity index (χ1v) is 13.2. The Balaban J connectivity index is 1.21. The number of carbonyl (C=O) groups is 1. The fourth-order valence-electron chi connectivity index (χ4n) is 4.81. The molecular weight excluding hydrogens is 478 g/mol. The number of carbonyl (C=O) groups excluding carboxylic acids is 1. The third-order valence-corrected chi connectivity index (χ3v) is 7.16. The normalized spacial score (nSPS) is 24.8. The van der Waals surface area contributed by atoms with E-state index >= 15 is 0 Å². The van der Waals surface area contributed by atoms with Crippen LogP contribution in [0.2, 0.25) is 0 Å². The number of para-hydroxylation sites is 1. The highest BCUT2D eigenvalue weighted by Crippen LogP contribution is 2.30. The van der Waals surface area contributed by atoms with Crippen LogP contribution in [-0.4, -0.2) is 65.0 Å². The number of aliphatic hydroxyl groups is 1. The van der Waals surface area contributed by atoms with E-state index in [1.165, 1.54) is 11.3 Å². The molecule has 3 aromatic rings. The zero-order chi connectivity index (χ0) is 24.7. The van der Waals surface area contributed by atoms with Crippen LogP contribution >= 0.6 is 11.3 Å². The lowest BCUT2D eigenvalue weighted by Gasteiger charge is -2.44. The predicted molar refractivity (Wildman–Crippen MR) is 137 cm³/mol. The number of rotatable bonds is 7. The molecule has 190 valence electrons. The summed E-state index contributed by atoms with van der Waals surface area (Å²) in [5, 5.41) is 15.7. The highest BCUT2D eigenvalue weighted by molar-refractivity contribution is 7.13. The Morgan fingerprint density at radius 2 is 1.92 bits per heavy atom. The predicted octanol–water partition coefficient (Wildman–Crippen LogP) is 4.07. The van der Waals surface area contributed by atoms with E-state index in [-0.39, 0.29) is 37.2 Å². The van der Waals surface area contributed by atoms with Gasteiger partial charge in [-0.1, -0.05) is 30.3 Å². The first-order chi connectivity index (χ1) is 17.6. The monoisotopic (exact) mass is 509 g/mol. The number of ether oxygens (including phenoxy) is 3. The van der Waals surface area contributed by atoms with E-state index in [0.29, 0.717) is 24.8 Å². The van der Waals surface area contributed by atoms with Gasteiger partial charge in [0, 0.05) is 30.7 Å². The van der Waals surface area contributed by atoms with Crippen LogP contribution in [0.15, 0.2) is 66.2 Å². The van der Waals surface area contributed by atoms with Crippen LogP contribution in [0.25, 0.3) is 0 Å². The summed E-state index contributed by atoms with van der Waals surface area (Å²) in [6.45, 7) is 1.85. The maximum Gasteiger partial charge on any atom is 0.228 e. The van der Waals surface area contributed by atoms with Gasteiger partial charge in [0.05, 0.1) is 37.9 Å². The van der Waals surface area contributed by atoms with Gasteiger partial charge in [0.15, 0.2) is 5.13 Å². The van der Waals surface area contributed by atoms with E-state index < -0.39 is 6.10 Å². The van der Waals surface area contributed by atoms with E-state index in [4.69, 9.17) is 14.2 Å². The van der Waals surface area contributed by atoms with Gasteiger partial charge >= 0.3 is 0 Å². The average Bonchev–Trinajstić information content (AvgIpc) is 3.38. The Hall–Kier alpha value is -2.82. The maximum absolute atomic E-state index is 12.4. The number of nitrogens with zero attached hydrogens (tertiary/aromatic N) is 2. The number of nitrogens with one attached hydrogen (secondary N) is 1. The number of hydrogen-bond acceptors (Lipinski definition) is 8. The van der Waals surface area contributed by atoms with Crippen LogP contribution in [0.3, 0.4) is 0 Å². The summed E-state index contributed by atoms with van der Waals surface area (Å²) in [5.41, 5.74) is 1.13. The molecule has 2 N–H and O–H groups in total. The number of anilines is 1. The lowest BCUT2D eigenvalue weighted by molar-refractivity contribution is -0.156. The van der Waals surface area contributed by atoms with E-state index in [9.17, 15) is 9.90 Å². The Bertz CT molecular complexity index is 1100. The Labute approximate surface area is 214 Å². The summed E-state index contributed by atoms with van der Waals surface area (Å²) in [4.78, 5) is 18.8. The van der Waals surface area contributed by atoms with Gasteiger partial charge in [-0.3, -0.25) is 9.69 Å². The fourth-order valence-corrected chi connectivity index (χ4v) is 5.36. The van der Waals surface area contributed by atoms with Crippen LogP contribution in [-0.2, 0) is 20.8 Å². The lowest BCUT2D eigenvalue weighted by Crippen LogP contribution is -2.55. The van der Waals surface area contributed by atoms with Crippen LogP contribution in [0, 0.1) is 0 Å². The summed E-state index contributed by atoms with van der Waals surface area (Å²) in [7, 11) is 0. The molecule has 2 saturated heterocycles. The Kier molecular flexibility index (Phi) is 8.25. The highest BCUT2D eigenvalue weighted by Gasteiger charge is 2.38. The molecular formula is C27H31N3O5S. The van der Waals surface area contributed by atoms with Crippen LogP contribution < -0.4 is 10.1 Å². The van der Waals surface area contributed by atoms with Crippen molar-refractivity contribution in [3.63, 3.8) is 0 Å². The molecule has 5 rings (SSSR count). The summed E-state index contributed by atoms with van der Waals surface area (Å²) < 4.78 is 18.0. The van der Waals surface area contributed by atoms with Crippen molar-refractivity contribution in [2.24, 2.45) is 0 Å². The molecule has 0 aliphatic carbocycles. The molecule has 36 heavy (non-hydrogen) atoms. The van der Waals surface area contributed by atoms with Crippen molar-refractivity contribution in [3.05, 3.63) is 71.7 Å². The molecule has 2 aromatic carbocycles. The van der Waals surface area contributed by atoms with Gasteiger partial charge in [-0.15, -0.1) is 11.3 Å². The molecule has 9 heteroatoms. The number of aromatic nitrogens is 1. The average molecular weight is 510 g/mol. The SMILES string of the molecule is O=C(C[C@H]1CC[C@H]2[C@@H](COC[C@@H](O)CN2Cc2ccc(Oc3ccccc3)cc2)O1)Nc1nccs1. The van der Waals surface area contributed by atoms with Crippen molar-refractivity contribution < 1.29 is 24.1 Å². The van der Waals surface area contributed by atoms with Crippen LogP contribution in [0.4, 0.5) is 5.13 Å². The van der Waals surface area contributed by atoms with E-state index in [0.717, 1.165) is 29.9 Å². The lowest BCUT2D eigenvalue weighted by atomic mass is 9.94. The third kappa shape index (κ3) is 6.68. The molecule has 0 spiro atoms. The van der Waals surface area contributed by atoms with E-state index in [1.807, 2.05) is 47.8 Å².